The Labute approximate surface area is 179 Å². The van der Waals surface area contributed by atoms with Crippen LogP contribution in [0.25, 0.3) is 5.65 Å². The van der Waals surface area contributed by atoms with E-state index in [0.29, 0.717) is 6.42 Å². The van der Waals surface area contributed by atoms with Crippen molar-refractivity contribution >= 4 is 23.2 Å². The summed E-state index contributed by atoms with van der Waals surface area (Å²) < 4.78 is 43.7. The lowest BCUT2D eigenvalue weighted by Crippen LogP contribution is -2.32. The van der Waals surface area contributed by atoms with Gasteiger partial charge in [0.25, 0.3) is 5.95 Å². The molecule has 3 aromatic rings. The quantitative estimate of drug-likeness (QED) is 0.483. The second-order valence-corrected chi connectivity index (χ2v) is 7.95. The van der Waals surface area contributed by atoms with Crippen LogP contribution in [0.1, 0.15) is 24.4 Å². The minimum atomic E-state index is -0.963. The van der Waals surface area contributed by atoms with Crippen LogP contribution in [0.5, 0.6) is 0 Å². The zero-order valence-corrected chi connectivity index (χ0v) is 16.5. The number of urea groups is 1. The Bertz CT molecular complexity index is 1200. The van der Waals surface area contributed by atoms with Crippen LogP contribution in [-0.2, 0) is 0 Å². The van der Waals surface area contributed by atoms with Gasteiger partial charge in [0.15, 0.2) is 5.65 Å². The number of fused-ring (bicyclic) bond motifs is 1. The van der Waals surface area contributed by atoms with Crippen LogP contribution in [0.15, 0.2) is 30.5 Å². The number of rotatable bonds is 4. The van der Waals surface area contributed by atoms with Gasteiger partial charge in [0.1, 0.15) is 23.1 Å². The first-order valence-corrected chi connectivity index (χ1v) is 10.0. The highest BCUT2D eigenvalue weighted by Gasteiger charge is 2.37. The minimum Gasteiger partial charge on any atom is -0.391 e. The molecule has 4 N–H and O–H groups in total. The lowest BCUT2D eigenvalue weighted by Gasteiger charge is -2.26. The average molecular weight is 448 g/mol. The number of halogens is 3. The van der Waals surface area contributed by atoms with Crippen LogP contribution in [0.3, 0.4) is 0 Å². The van der Waals surface area contributed by atoms with Crippen LogP contribution >= 0.6 is 0 Å². The Kier molecular flexibility index (Phi) is 4.90. The average Bonchev–Trinajstić information content (AvgIpc) is 3.15. The summed E-state index contributed by atoms with van der Waals surface area (Å²) >= 11 is 0. The number of anilines is 2. The Balaban J connectivity index is 1.48. The minimum absolute atomic E-state index is 0.00801. The number of carbonyl (C=O) groups is 1. The molecule has 1 aliphatic carbocycles. The third kappa shape index (κ3) is 3.71. The molecule has 9 nitrogen and oxygen atoms in total. The van der Waals surface area contributed by atoms with Crippen LogP contribution in [0.4, 0.5) is 29.5 Å². The van der Waals surface area contributed by atoms with Crippen molar-refractivity contribution in [3.8, 4) is 0 Å². The molecule has 1 aliphatic heterocycles. The molecule has 168 valence electrons. The number of hydrogen-bond acceptors (Lipinski definition) is 6. The summed E-state index contributed by atoms with van der Waals surface area (Å²) in [5.41, 5.74) is -0.206. The van der Waals surface area contributed by atoms with Crippen molar-refractivity contribution in [1.82, 2.24) is 19.9 Å². The molecule has 32 heavy (non-hydrogen) atoms. The fourth-order valence-electron chi connectivity index (χ4n) is 3.95. The van der Waals surface area contributed by atoms with E-state index in [0.717, 1.165) is 22.7 Å². The standard InChI is InChI=1S/C20H19F3N6O3/c21-9-1-2-12(22)11(5-9)14-6-10(30)8-28(14)16-3-4-29-19(25-16)17(18(23)27-29)26-20(32)24-13-7-15(13)31/h1-5,10,13-15,30-31H,6-8H2,(H2,24,26,32)/t10-,13+,14+,15+/m0/s1. The summed E-state index contributed by atoms with van der Waals surface area (Å²) in [7, 11) is 0. The van der Waals surface area contributed by atoms with Gasteiger partial charge in [0, 0.05) is 18.3 Å². The second kappa shape index (κ2) is 7.64. The van der Waals surface area contributed by atoms with Crippen molar-refractivity contribution < 1.29 is 28.2 Å². The first-order chi connectivity index (χ1) is 15.3. The van der Waals surface area contributed by atoms with Gasteiger partial charge in [-0.1, -0.05) is 0 Å². The van der Waals surface area contributed by atoms with Gasteiger partial charge < -0.3 is 25.7 Å². The van der Waals surface area contributed by atoms with Crippen LogP contribution in [0.2, 0.25) is 0 Å². The Morgan fingerprint density at radius 3 is 2.69 bits per heavy atom. The number of amides is 2. The van der Waals surface area contributed by atoms with Crippen LogP contribution < -0.4 is 15.5 Å². The van der Waals surface area contributed by atoms with Crippen molar-refractivity contribution in [2.75, 3.05) is 16.8 Å². The van der Waals surface area contributed by atoms with Crippen molar-refractivity contribution in [3.63, 3.8) is 0 Å². The maximum Gasteiger partial charge on any atom is 0.319 e. The number of hydrogen-bond donors (Lipinski definition) is 4. The van der Waals surface area contributed by atoms with Gasteiger partial charge in [-0.3, -0.25) is 0 Å². The highest BCUT2D eigenvalue weighted by molar-refractivity contribution is 5.93. The van der Waals surface area contributed by atoms with Crippen molar-refractivity contribution in [1.29, 1.82) is 0 Å². The summed E-state index contributed by atoms with van der Waals surface area (Å²) in [4.78, 5) is 18.1. The first-order valence-electron chi connectivity index (χ1n) is 10.0. The van der Waals surface area contributed by atoms with Gasteiger partial charge in [-0.15, -0.1) is 5.10 Å². The smallest absolute Gasteiger partial charge is 0.319 e. The van der Waals surface area contributed by atoms with Crippen LogP contribution in [-0.4, -0.2) is 55.6 Å². The number of aromatic nitrogens is 3. The Hall–Kier alpha value is -3.38. The monoisotopic (exact) mass is 448 g/mol. The molecule has 1 aromatic carbocycles. The predicted octanol–water partition coefficient (Wildman–Crippen LogP) is 1.71. The van der Waals surface area contributed by atoms with E-state index in [2.05, 4.69) is 20.7 Å². The fraction of sp³-hybridized carbons (Fsp3) is 0.350. The highest BCUT2D eigenvalue weighted by atomic mass is 19.1. The largest absolute Gasteiger partial charge is 0.391 e. The molecule has 2 amide bonds. The summed E-state index contributed by atoms with van der Waals surface area (Å²) in [6, 6.07) is 2.81. The highest BCUT2D eigenvalue weighted by Crippen LogP contribution is 2.37. The summed E-state index contributed by atoms with van der Waals surface area (Å²) in [6.45, 7) is 0.100. The number of aliphatic hydroxyl groups is 2. The second-order valence-electron chi connectivity index (χ2n) is 7.95. The van der Waals surface area contributed by atoms with E-state index in [9.17, 15) is 28.2 Å². The van der Waals surface area contributed by atoms with Crippen molar-refractivity contribution in [2.24, 2.45) is 0 Å². The number of aliphatic hydroxyl groups excluding tert-OH is 2. The maximum atomic E-state index is 14.4. The van der Waals surface area contributed by atoms with Crippen molar-refractivity contribution in [3.05, 3.63) is 53.6 Å². The molecule has 0 spiro atoms. The summed E-state index contributed by atoms with van der Waals surface area (Å²) in [5.74, 6) is -1.92. The van der Waals surface area contributed by atoms with E-state index in [1.807, 2.05) is 0 Å². The fourth-order valence-corrected chi connectivity index (χ4v) is 3.95. The zero-order chi connectivity index (χ0) is 22.6. The van der Waals surface area contributed by atoms with Gasteiger partial charge in [-0.05, 0) is 37.1 Å². The topological polar surface area (TPSA) is 115 Å². The van der Waals surface area contributed by atoms with Gasteiger partial charge >= 0.3 is 6.03 Å². The van der Waals surface area contributed by atoms with E-state index < -0.39 is 47.9 Å². The first kappa shape index (κ1) is 20.5. The third-order valence-electron chi connectivity index (χ3n) is 5.63. The van der Waals surface area contributed by atoms with Crippen LogP contribution in [0, 0.1) is 17.6 Å². The molecule has 5 rings (SSSR count). The number of nitrogens with zero attached hydrogens (tertiary/aromatic N) is 4. The SMILES string of the molecule is O=C(Nc1c(F)nn2ccc(N3C[C@@H](O)C[C@@H]3c3cc(F)ccc3F)nc12)N[C@@H]1C[C@H]1O. The Morgan fingerprint density at radius 2 is 1.94 bits per heavy atom. The van der Waals surface area contributed by atoms with E-state index >= 15 is 0 Å². The molecule has 0 radical (unpaired) electrons. The molecule has 0 unspecified atom stereocenters. The van der Waals surface area contributed by atoms with E-state index in [4.69, 9.17) is 0 Å². The van der Waals surface area contributed by atoms with E-state index in [-0.39, 0.29) is 35.7 Å². The van der Waals surface area contributed by atoms with E-state index in [1.165, 1.54) is 12.3 Å². The van der Waals surface area contributed by atoms with E-state index in [1.54, 1.807) is 4.90 Å². The molecule has 2 aromatic heterocycles. The predicted molar refractivity (Wildman–Crippen MR) is 107 cm³/mol. The third-order valence-corrected chi connectivity index (χ3v) is 5.63. The van der Waals surface area contributed by atoms with Gasteiger partial charge in [-0.2, -0.15) is 4.39 Å². The molecule has 3 heterocycles. The summed E-state index contributed by atoms with van der Waals surface area (Å²) in [6.07, 6.45) is 0.551. The number of nitrogens with one attached hydrogen (secondary N) is 2. The molecular formula is C20H19F3N6O3. The molecule has 2 fully saturated rings. The molecular weight excluding hydrogens is 429 g/mol. The Morgan fingerprint density at radius 1 is 1.16 bits per heavy atom. The number of carbonyl (C=O) groups excluding carboxylic acids is 1. The molecule has 1 saturated heterocycles. The summed E-state index contributed by atoms with van der Waals surface area (Å²) in [5, 5.41) is 28.1. The number of β-amino-alcohol motifs (C(OH)–C–C–N with tert-alkyl or cyclic N) is 1. The molecule has 4 atom stereocenters. The van der Waals surface area contributed by atoms with Gasteiger partial charge in [0.2, 0.25) is 0 Å². The number of benzene rings is 1. The lowest BCUT2D eigenvalue weighted by atomic mass is 10.0. The normalized spacial score (nSPS) is 24.7. The lowest BCUT2D eigenvalue weighted by molar-refractivity contribution is 0.194. The molecule has 1 saturated carbocycles. The van der Waals surface area contributed by atoms with Gasteiger partial charge in [-0.25, -0.2) is 23.1 Å². The molecule has 12 heteroatoms. The van der Waals surface area contributed by atoms with Crippen molar-refractivity contribution in [2.45, 2.75) is 37.1 Å². The zero-order valence-electron chi connectivity index (χ0n) is 16.5. The molecule has 0 bridgehead atoms. The maximum absolute atomic E-state index is 14.4. The molecule has 2 aliphatic rings. The van der Waals surface area contributed by atoms with Gasteiger partial charge in [0.05, 0.1) is 24.3 Å².